The Bertz CT molecular complexity index is 1200. The van der Waals surface area contributed by atoms with Crippen LogP contribution in [0.2, 0.25) is 10.0 Å². The van der Waals surface area contributed by atoms with E-state index in [0.29, 0.717) is 40.3 Å². The lowest BCUT2D eigenvalue weighted by Gasteiger charge is -2.31. The second-order valence-electron chi connectivity index (χ2n) is 8.60. The Morgan fingerprint density at radius 1 is 0.868 bits per heavy atom. The fourth-order valence-electron chi connectivity index (χ4n) is 3.85. The first-order chi connectivity index (χ1) is 18.3. The summed E-state index contributed by atoms with van der Waals surface area (Å²) in [6, 6.07) is 19.0. The zero-order valence-corrected chi connectivity index (χ0v) is 23.2. The minimum atomic E-state index is -0.783. The summed E-state index contributed by atoms with van der Waals surface area (Å²) >= 11 is 12.4. The topological polar surface area (TPSA) is 77.1 Å². The number of carbonyl (C=O) groups is 2. The van der Waals surface area contributed by atoms with Crippen LogP contribution in [0.3, 0.4) is 0 Å². The number of methoxy groups -OCH3 is 2. The van der Waals surface area contributed by atoms with Gasteiger partial charge in [0.15, 0.2) is 6.61 Å². The van der Waals surface area contributed by atoms with E-state index in [9.17, 15) is 9.59 Å². The first-order valence-electron chi connectivity index (χ1n) is 12.3. The Labute approximate surface area is 233 Å². The molecule has 0 radical (unpaired) electrons. The average Bonchev–Trinajstić information content (AvgIpc) is 2.94. The summed E-state index contributed by atoms with van der Waals surface area (Å²) in [7, 11) is 3.07. The van der Waals surface area contributed by atoms with Crippen LogP contribution in [0.4, 0.5) is 0 Å². The van der Waals surface area contributed by atoms with Crippen LogP contribution in [0.5, 0.6) is 17.2 Å². The van der Waals surface area contributed by atoms with Gasteiger partial charge in [-0.1, -0.05) is 66.5 Å². The van der Waals surface area contributed by atoms with Crippen LogP contribution >= 0.6 is 23.2 Å². The number of hydrogen-bond donors (Lipinski definition) is 1. The van der Waals surface area contributed by atoms with Gasteiger partial charge in [-0.25, -0.2) is 0 Å². The first-order valence-corrected chi connectivity index (χ1v) is 13.0. The zero-order valence-electron chi connectivity index (χ0n) is 21.7. The van der Waals surface area contributed by atoms with Crippen molar-refractivity contribution in [2.75, 3.05) is 27.4 Å². The predicted octanol–water partition coefficient (Wildman–Crippen LogP) is 5.56. The standard InChI is InChI=1S/C29H32Cl2N2O5/c1-4-12-32-29(35)27(14-20-8-6-5-7-9-20)33(18-21-10-11-25(30)26(31)13-21)28(34)19-38-24-16-22(36-2)15-23(17-24)37-3/h5-11,13,15-17,27H,4,12,14,18-19H2,1-3H3,(H,32,35)/t27-/m0/s1. The minimum absolute atomic E-state index is 0.136. The van der Waals surface area contributed by atoms with E-state index in [1.165, 1.54) is 19.1 Å². The highest BCUT2D eigenvalue weighted by molar-refractivity contribution is 6.42. The van der Waals surface area contributed by atoms with Crippen molar-refractivity contribution < 1.29 is 23.8 Å². The fraction of sp³-hybridized carbons (Fsp3) is 0.310. The molecule has 0 fully saturated rings. The Hall–Kier alpha value is -3.42. The van der Waals surface area contributed by atoms with Gasteiger partial charge in [-0.2, -0.15) is 0 Å². The highest BCUT2D eigenvalue weighted by Crippen LogP contribution is 2.28. The van der Waals surface area contributed by atoms with Crippen molar-refractivity contribution in [3.8, 4) is 17.2 Å². The van der Waals surface area contributed by atoms with Crippen LogP contribution in [0, 0.1) is 0 Å². The van der Waals surface area contributed by atoms with Crippen LogP contribution in [-0.2, 0) is 22.6 Å². The molecule has 1 N–H and O–H groups in total. The smallest absolute Gasteiger partial charge is 0.261 e. The molecule has 38 heavy (non-hydrogen) atoms. The second-order valence-corrected chi connectivity index (χ2v) is 9.42. The molecule has 0 heterocycles. The number of ether oxygens (including phenoxy) is 3. The van der Waals surface area contributed by atoms with Gasteiger partial charge in [-0.05, 0) is 29.7 Å². The number of hydrogen-bond acceptors (Lipinski definition) is 5. The number of amides is 2. The maximum absolute atomic E-state index is 13.7. The molecule has 2 amide bonds. The quantitative estimate of drug-likeness (QED) is 0.297. The highest BCUT2D eigenvalue weighted by atomic mass is 35.5. The summed E-state index contributed by atoms with van der Waals surface area (Å²) in [5.41, 5.74) is 1.66. The second kappa shape index (κ2) is 14.5. The van der Waals surface area contributed by atoms with E-state index >= 15 is 0 Å². The first kappa shape index (κ1) is 29.1. The lowest BCUT2D eigenvalue weighted by atomic mass is 10.0. The minimum Gasteiger partial charge on any atom is -0.496 e. The molecule has 0 aliphatic rings. The third-order valence-corrected chi connectivity index (χ3v) is 6.58. The molecule has 7 nitrogen and oxygen atoms in total. The number of nitrogens with one attached hydrogen (secondary N) is 1. The molecule has 0 aliphatic heterocycles. The number of benzene rings is 3. The van der Waals surface area contributed by atoms with Gasteiger partial charge < -0.3 is 24.4 Å². The van der Waals surface area contributed by atoms with E-state index in [4.69, 9.17) is 37.4 Å². The summed E-state index contributed by atoms with van der Waals surface area (Å²) in [5, 5.41) is 3.72. The van der Waals surface area contributed by atoms with E-state index in [2.05, 4.69) is 5.32 Å². The number of rotatable bonds is 13. The van der Waals surface area contributed by atoms with Crippen molar-refractivity contribution in [2.45, 2.75) is 32.4 Å². The molecule has 1 atom stereocenters. The average molecular weight is 559 g/mol. The number of halogens is 2. The molecule has 202 valence electrons. The van der Waals surface area contributed by atoms with Gasteiger partial charge in [0.2, 0.25) is 5.91 Å². The van der Waals surface area contributed by atoms with E-state index in [1.807, 2.05) is 37.3 Å². The molecule has 0 saturated carbocycles. The van der Waals surface area contributed by atoms with Crippen LogP contribution in [0.15, 0.2) is 66.7 Å². The number of nitrogens with zero attached hydrogens (tertiary/aromatic N) is 1. The zero-order chi connectivity index (χ0) is 27.5. The molecule has 0 bridgehead atoms. The highest BCUT2D eigenvalue weighted by Gasteiger charge is 2.30. The molecule has 0 aromatic heterocycles. The van der Waals surface area contributed by atoms with E-state index < -0.39 is 6.04 Å². The normalized spacial score (nSPS) is 11.4. The summed E-state index contributed by atoms with van der Waals surface area (Å²) in [6.07, 6.45) is 1.10. The summed E-state index contributed by atoms with van der Waals surface area (Å²) in [4.78, 5) is 28.6. The van der Waals surface area contributed by atoms with Gasteiger partial charge in [0.25, 0.3) is 5.91 Å². The molecule has 3 aromatic rings. The molecule has 9 heteroatoms. The van der Waals surface area contributed by atoms with Gasteiger partial charge in [0.05, 0.1) is 24.3 Å². The van der Waals surface area contributed by atoms with Gasteiger partial charge in [0, 0.05) is 37.7 Å². The van der Waals surface area contributed by atoms with E-state index in [1.54, 1.807) is 36.4 Å². The van der Waals surface area contributed by atoms with Crippen molar-refractivity contribution in [1.29, 1.82) is 0 Å². The Kier molecular flexibility index (Phi) is 11.1. The number of carbonyl (C=O) groups excluding carboxylic acids is 2. The Morgan fingerprint density at radius 3 is 2.13 bits per heavy atom. The summed E-state index contributed by atoms with van der Waals surface area (Å²) in [6.45, 7) is 2.31. The van der Waals surface area contributed by atoms with Crippen molar-refractivity contribution in [3.05, 3.63) is 87.9 Å². The third-order valence-electron chi connectivity index (χ3n) is 5.84. The van der Waals surface area contributed by atoms with Gasteiger partial charge in [-0.15, -0.1) is 0 Å². The molecule has 0 aliphatic carbocycles. The van der Waals surface area contributed by atoms with Crippen molar-refractivity contribution in [1.82, 2.24) is 10.2 Å². The molecule has 0 saturated heterocycles. The molecule has 3 rings (SSSR count). The van der Waals surface area contributed by atoms with Crippen LogP contribution in [0.25, 0.3) is 0 Å². The largest absolute Gasteiger partial charge is 0.496 e. The van der Waals surface area contributed by atoms with Crippen LogP contribution < -0.4 is 19.5 Å². The van der Waals surface area contributed by atoms with Gasteiger partial charge in [-0.3, -0.25) is 9.59 Å². The van der Waals surface area contributed by atoms with Crippen molar-refractivity contribution >= 4 is 35.0 Å². The lowest BCUT2D eigenvalue weighted by molar-refractivity contribution is -0.142. The maximum atomic E-state index is 13.7. The molecule has 3 aromatic carbocycles. The maximum Gasteiger partial charge on any atom is 0.261 e. The van der Waals surface area contributed by atoms with Crippen molar-refractivity contribution in [3.63, 3.8) is 0 Å². The Morgan fingerprint density at radius 2 is 1.53 bits per heavy atom. The fourth-order valence-corrected chi connectivity index (χ4v) is 4.17. The monoisotopic (exact) mass is 558 g/mol. The predicted molar refractivity (Wildman–Crippen MR) is 149 cm³/mol. The Balaban J connectivity index is 1.93. The molecule has 0 unspecified atom stereocenters. The SMILES string of the molecule is CCCNC(=O)[C@H](Cc1ccccc1)N(Cc1ccc(Cl)c(Cl)c1)C(=O)COc1cc(OC)cc(OC)c1. The van der Waals surface area contributed by atoms with Crippen molar-refractivity contribution in [2.24, 2.45) is 0 Å². The molecular weight excluding hydrogens is 527 g/mol. The third kappa shape index (κ3) is 8.30. The molecular formula is C29H32Cl2N2O5. The van der Waals surface area contributed by atoms with Gasteiger partial charge >= 0.3 is 0 Å². The lowest BCUT2D eigenvalue weighted by Crippen LogP contribution is -2.51. The molecule has 0 spiro atoms. The van der Waals surface area contributed by atoms with Gasteiger partial charge in [0.1, 0.15) is 23.3 Å². The van der Waals surface area contributed by atoms with E-state index in [0.717, 1.165) is 17.5 Å². The summed E-state index contributed by atoms with van der Waals surface area (Å²) in [5.74, 6) is 0.845. The van der Waals surface area contributed by atoms with E-state index in [-0.39, 0.29) is 25.0 Å². The van der Waals surface area contributed by atoms with Crippen LogP contribution in [0.1, 0.15) is 24.5 Å². The van der Waals surface area contributed by atoms with Crippen LogP contribution in [-0.4, -0.2) is 50.1 Å². The summed E-state index contributed by atoms with van der Waals surface area (Å²) < 4.78 is 16.4.